The molecule has 3 aliphatic rings. The fraction of sp³-hybridized carbons (Fsp3) is 0.324. The van der Waals surface area contributed by atoms with Gasteiger partial charge < -0.3 is 24.1 Å². The fourth-order valence-electron chi connectivity index (χ4n) is 6.90. The number of aromatic nitrogens is 1. The lowest BCUT2D eigenvalue weighted by Gasteiger charge is -2.44. The average molecular weight is 725 g/mol. The van der Waals surface area contributed by atoms with E-state index >= 15 is 0 Å². The molecule has 2 bridgehead atoms. The van der Waals surface area contributed by atoms with E-state index in [4.69, 9.17) is 37.4 Å². The number of anilines is 1. The topological polar surface area (TPSA) is 115 Å². The van der Waals surface area contributed by atoms with Crippen LogP contribution in [-0.4, -0.2) is 62.1 Å². The normalized spacial score (nSPS) is 18.7. The van der Waals surface area contributed by atoms with Crippen molar-refractivity contribution >= 4 is 41.0 Å². The highest BCUT2D eigenvalue weighted by Crippen LogP contribution is 2.39. The first-order valence-electron chi connectivity index (χ1n) is 16.1. The van der Waals surface area contributed by atoms with Gasteiger partial charge in [0, 0.05) is 34.0 Å². The second kappa shape index (κ2) is 15.1. The van der Waals surface area contributed by atoms with E-state index in [0.29, 0.717) is 46.0 Å². The van der Waals surface area contributed by atoms with Crippen molar-refractivity contribution < 1.29 is 43.2 Å². The van der Waals surface area contributed by atoms with Crippen LogP contribution in [0.15, 0.2) is 73.1 Å². The lowest BCUT2D eigenvalue weighted by molar-refractivity contribution is -0.904. The molecule has 0 radical (unpaired) electrons. The molecule has 1 aromatic heterocycles. The molecule has 50 heavy (non-hydrogen) atoms. The number of nitrogens with zero attached hydrogens (tertiary/aromatic N) is 3. The Bertz CT molecular complexity index is 1860. The molecule has 1 amide bonds. The van der Waals surface area contributed by atoms with Gasteiger partial charge in [-0.25, -0.2) is 9.18 Å². The van der Waals surface area contributed by atoms with Gasteiger partial charge >= 0.3 is 6.09 Å². The van der Waals surface area contributed by atoms with Crippen LogP contribution in [0.5, 0.6) is 11.5 Å². The smallest absolute Gasteiger partial charge is 0.414 e. The first-order valence-corrected chi connectivity index (χ1v) is 16.9. The van der Waals surface area contributed by atoms with Gasteiger partial charge in [-0.2, -0.15) is 0 Å². The Kier molecular flexibility index (Phi) is 10.7. The third-order valence-corrected chi connectivity index (χ3v) is 10.2. The fourth-order valence-corrected chi connectivity index (χ4v) is 7.51. The number of pyridine rings is 1. The predicted octanol–water partition coefficient (Wildman–Crippen LogP) is 5.65. The van der Waals surface area contributed by atoms with Crippen molar-refractivity contribution in [3.05, 3.63) is 117 Å². The number of rotatable bonds is 11. The summed E-state index contributed by atoms with van der Waals surface area (Å²) in [6, 6.07) is 15.5. The number of hydrogen-bond acceptors (Lipinski definition) is 8. The predicted molar refractivity (Wildman–Crippen MR) is 182 cm³/mol. The third kappa shape index (κ3) is 7.60. The number of benzene rings is 3. The van der Waals surface area contributed by atoms with E-state index in [2.05, 4.69) is 4.90 Å². The Morgan fingerprint density at radius 2 is 1.68 bits per heavy atom. The van der Waals surface area contributed by atoms with Gasteiger partial charge in [0.2, 0.25) is 12.4 Å². The van der Waals surface area contributed by atoms with Crippen molar-refractivity contribution in [2.24, 2.45) is 5.92 Å². The van der Waals surface area contributed by atoms with E-state index in [0.717, 1.165) is 30.7 Å². The first-order chi connectivity index (χ1) is 24.0. The van der Waals surface area contributed by atoms with Crippen molar-refractivity contribution in [3.63, 3.8) is 0 Å². The standard InChI is InChI=1S/C37H36Cl2FN3O7/c1-48-33-10-4-24(16-34(33)49-2)28(17-30-31(38)19-42(47)20-32(30)39)29-15-22(3-9-27(29)36(44)45)18-43(26-7-5-25(40)6-8-26)37(46)50-35-21-41-13-11-23(35)12-14-41/h3-10,15-16,19-20,23,28,35H,11-14,17-18,21H2,1-2H3,(H-,44,45,47)/t28-,35-/m0/s1. The molecule has 0 aliphatic carbocycles. The summed E-state index contributed by atoms with van der Waals surface area (Å²) < 4.78 is 31.8. The lowest BCUT2D eigenvalue weighted by atomic mass is 9.82. The monoisotopic (exact) mass is 723 g/mol. The van der Waals surface area contributed by atoms with Crippen LogP contribution in [0, 0.1) is 11.7 Å². The lowest BCUT2D eigenvalue weighted by Crippen LogP contribution is -2.53. The molecule has 2 atom stereocenters. The SMILES string of the molecule is COc1ccc([C@H](Cc2c(Cl)c[n+](O)cc2Cl)c2cc(CN(C(=O)O[C@H]3CN4CCC3CC4)c3ccc(F)cc3)ccc2C(=O)[O-])cc1OC. The number of carboxylic acids is 1. The maximum Gasteiger partial charge on any atom is 0.414 e. The largest absolute Gasteiger partial charge is 0.545 e. The summed E-state index contributed by atoms with van der Waals surface area (Å²) >= 11 is 13.1. The van der Waals surface area contributed by atoms with Crippen LogP contribution in [0.25, 0.3) is 0 Å². The number of fused-ring (bicyclic) bond motifs is 3. The Hall–Kier alpha value is -4.58. The van der Waals surface area contributed by atoms with Gasteiger partial charge in [-0.05, 0) is 91.4 Å². The quantitative estimate of drug-likeness (QED) is 0.156. The molecule has 3 aromatic carbocycles. The molecule has 0 saturated carbocycles. The Balaban J connectivity index is 1.42. The number of amides is 1. The molecule has 4 aromatic rings. The maximum absolute atomic E-state index is 14.0. The zero-order chi connectivity index (χ0) is 35.5. The molecule has 262 valence electrons. The van der Waals surface area contributed by atoms with Gasteiger partial charge in [0.1, 0.15) is 22.0 Å². The first kappa shape index (κ1) is 35.3. The van der Waals surface area contributed by atoms with Gasteiger partial charge in [-0.1, -0.05) is 47.5 Å². The zero-order valence-corrected chi connectivity index (χ0v) is 29.0. The summed E-state index contributed by atoms with van der Waals surface area (Å²) in [4.78, 5) is 30.2. The van der Waals surface area contributed by atoms with Crippen molar-refractivity contribution in [3.8, 4) is 11.5 Å². The van der Waals surface area contributed by atoms with Crippen LogP contribution in [0.2, 0.25) is 10.0 Å². The molecule has 3 saturated heterocycles. The van der Waals surface area contributed by atoms with E-state index < -0.39 is 23.8 Å². The second-order valence-electron chi connectivity index (χ2n) is 12.5. The van der Waals surface area contributed by atoms with Gasteiger partial charge in [0.25, 0.3) is 0 Å². The minimum Gasteiger partial charge on any atom is -0.545 e. The second-order valence-corrected chi connectivity index (χ2v) is 13.3. The number of hydrogen-bond donors (Lipinski definition) is 1. The summed E-state index contributed by atoms with van der Waals surface area (Å²) in [6.45, 7) is 2.61. The number of piperidine rings is 3. The Labute approximate surface area is 299 Å². The molecule has 1 N–H and O–H groups in total. The third-order valence-electron chi connectivity index (χ3n) is 9.55. The number of carbonyl (C=O) groups is 2. The number of ether oxygens (including phenoxy) is 3. The molecule has 4 heterocycles. The van der Waals surface area contributed by atoms with Crippen LogP contribution in [0.1, 0.15) is 51.4 Å². The number of aromatic carboxylic acids is 1. The highest BCUT2D eigenvalue weighted by Gasteiger charge is 2.37. The van der Waals surface area contributed by atoms with Gasteiger partial charge in [0.15, 0.2) is 11.5 Å². The summed E-state index contributed by atoms with van der Waals surface area (Å²) in [7, 11) is 3.00. The summed E-state index contributed by atoms with van der Waals surface area (Å²) in [6.07, 6.45) is 3.73. The van der Waals surface area contributed by atoms with E-state index in [1.807, 2.05) is 0 Å². The molecule has 3 fully saturated rings. The average Bonchev–Trinajstić information content (AvgIpc) is 3.11. The number of carboxylic acid groups (broad SMARTS) is 1. The summed E-state index contributed by atoms with van der Waals surface area (Å²) in [5.41, 5.74) is 2.36. The molecule has 13 heteroatoms. The molecular formula is C37H36Cl2FN3O7. The Morgan fingerprint density at radius 3 is 2.28 bits per heavy atom. The van der Waals surface area contributed by atoms with E-state index in [9.17, 15) is 24.3 Å². The van der Waals surface area contributed by atoms with Crippen molar-refractivity contribution in [1.29, 1.82) is 0 Å². The highest BCUT2D eigenvalue weighted by molar-refractivity contribution is 6.35. The van der Waals surface area contributed by atoms with Crippen molar-refractivity contribution in [2.75, 3.05) is 38.8 Å². The summed E-state index contributed by atoms with van der Waals surface area (Å²) in [5.74, 6) is -1.40. The molecular weight excluding hydrogens is 688 g/mol. The van der Waals surface area contributed by atoms with Crippen molar-refractivity contribution in [1.82, 2.24) is 4.90 Å². The van der Waals surface area contributed by atoms with Gasteiger partial charge in [-0.15, -0.1) is 0 Å². The minimum atomic E-state index is -1.41. The van der Waals surface area contributed by atoms with Gasteiger partial charge in [0.05, 0.1) is 26.7 Å². The van der Waals surface area contributed by atoms with Crippen LogP contribution < -0.4 is 24.2 Å². The van der Waals surface area contributed by atoms with E-state index in [1.165, 1.54) is 61.8 Å². The highest BCUT2D eigenvalue weighted by atomic mass is 35.5. The van der Waals surface area contributed by atoms with E-state index in [1.54, 1.807) is 30.3 Å². The number of carbonyl (C=O) groups excluding carboxylic acids is 2. The van der Waals surface area contributed by atoms with Crippen LogP contribution in [-0.2, 0) is 17.7 Å². The zero-order valence-electron chi connectivity index (χ0n) is 27.5. The maximum atomic E-state index is 14.0. The molecule has 0 spiro atoms. The van der Waals surface area contributed by atoms with Gasteiger partial charge in [-0.3, -0.25) is 15.0 Å². The number of halogens is 3. The Morgan fingerprint density at radius 1 is 1.00 bits per heavy atom. The minimum absolute atomic E-state index is 0.0120. The van der Waals surface area contributed by atoms with Crippen LogP contribution in [0.3, 0.4) is 0 Å². The molecule has 10 nitrogen and oxygen atoms in total. The molecule has 0 unspecified atom stereocenters. The van der Waals surface area contributed by atoms with Crippen LogP contribution in [0.4, 0.5) is 14.9 Å². The van der Waals surface area contributed by atoms with Crippen molar-refractivity contribution in [2.45, 2.75) is 37.8 Å². The summed E-state index contributed by atoms with van der Waals surface area (Å²) in [5, 5.41) is 23.0. The molecule has 7 rings (SSSR count). The van der Waals surface area contributed by atoms with E-state index in [-0.39, 0.29) is 40.6 Å². The van der Waals surface area contributed by atoms with Crippen LogP contribution >= 0.6 is 23.2 Å². The molecule has 3 aliphatic heterocycles. The number of methoxy groups -OCH3 is 2.